The Bertz CT molecular complexity index is 312. The molecule has 0 aliphatic rings. The molecule has 0 aromatic heterocycles. The normalized spacial score (nSPS) is 9.42. The van der Waals surface area contributed by atoms with Crippen LogP contribution in [0.15, 0.2) is 18.2 Å². The molecular formula is C10H10ClN. The van der Waals surface area contributed by atoms with Gasteiger partial charge in [0, 0.05) is 5.02 Å². The van der Waals surface area contributed by atoms with E-state index in [2.05, 4.69) is 13.0 Å². The molecule has 0 fully saturated rings. The number of rotatable bonds is 2. The van der Waals surface area contributed by atoms with Crippen molar-refractivity contribution in [1.82, 2.24) is 0 Å². The van der Waals surface area contributed by atoms with Gasteiger partial charge in [-0.2, -0.15) is 5.26 Å². The molecule has 2 heteroatoms. The maximum atomic E-state index is 8.76. The summed E-state index contributed by atoms with van der Waals surface area (Å²) in [7, 11) is 0. The average Bonchev–Trinajstić information content (AvgIpc) is 2.08. The summed E-state index contributed by atoms with van der Waals surface area (Å²) >= 11 is 5.74. The van der Waals surface area contributed by atoms with Gasteiger partial charge in [0.15, 0.2) is 0 Å². The Morgan fingerprint density at radius 3 is 2.83 bits per heavy atom. The second-order valence-electron chi connectivity index (χ2n) is 2.66. The van der Waals surface area contributed by atoms with E-state index in [0.29, 0.717) is 10.6 Å². The van der Waals surface area contributed by atoms with E-state index in [9.17, 15) is 0 Å². The van der Waals surface area contributed by atoms with Crippen LogP contribution in [0.1, 0.15) is 24.5 Å². The first-order valence-corrected chi connectivity index (χ1v) is 4.34. The van der Waals surface area contributed by atoms with E-state index in [1.807, 2.05) is 12.1 Å². The zero-order valence-electron chi connectivity index (χ0n) is 6.97. The summed E-state index contributed by atoms with van der Waals surface area (Å²) in [5, 5.41) is 9.39. The van der Waals surface area contributed by atoms with Crippen LogP contribution in [-0.4, -0.2) is 0 Å². The summed E-state index contributed by atoms with van der Waals surface area (Å²) < 4.78 is 0. The maximum Gasteiger partial charge on any atom is 0.0995 e. The van der Waals surface area contributed by atoms with Crippen LogP contribution in [-0.2, 0) is 6.42 Å². The predicted molar refractivity (Wildman–Crippen MR) is 50.2 cm³/mol. The van der Waals surface area contributed by atoms with E-state index >= 15 is 0 Å². The Morgan fingerprint density at radius 2 is 2.25 bits per heavy atom. The number of halogens is 1. The lowest BCUT2D eigenvalue weighted by atomic mass is 10.0. The molecule has 1 aromatic rings. The van der Waals surface area contributed by atoms with Crippen LogP contribution in [0.5, 0.6) is 0 Å². The lowest BCUT2D eigenvalue weighted by Gasteiger charge is -2.01. The van der Waals surface area contributed by atoms with Crippen molar-refractivity contribution in [3.63, 3.8) is 0 Å². The van der Waals surface area contributed by atoms with Gasteiger partial charge in [0.05, 0.1) is 11.6 Å². The molecule has 1 rings (SSSR count). The minimum absolute atomic E-state index is 0.631. The summed E-state index contributed by atoms with van der Waals surface area (Å²) in [6, 6.07) is 7.60. The minimum Gasteiger partial charge on any atom is -0.192 e. The van der Waals surface area contributed by atoms with E-state index in [1.54, 1.807) is 6.07 Å². The van der Waals surface area contributed by atoms with Crippen molar-refractivity contribution >= 4 is 11.6 Å². The molecule has 1 aromatic carbocycles. The Morgan fingerprint density at radius 1 is 1.50 bits per heavy atom. The molecule has 0 aliphatic carbocycles. The molecule has 0 unspecified atom stereocenters. The fourth-order valence-corrected chi connectivity index (χ4v) is 1.31. The van der Waals surface area contributed by atoms with Crippen LogP contribution in [0.2, 0.25) is 5.02 Å². The molecule has 0 amide bonds. The van der Waals surface area contributed by atoms with Gasteiger partial charge in [-0.25, -0.2) is 0 Å². The van der Waals surface area contributed by atoms with Gasteiger partial charge < -0.3 is 0 Å². The number of aryl methyl sites for hydroxylation is 1. The number of hydrogen-bond donors (Lipinski definition) is 0. The molecule has 0 saturated carbocycles. The summed E-state index contributed by atoms with van der Waals surface area (Å²) in [5.74, 6) is 0. The topological polar surface area (TPSA) is 23.8 Å². The number of hydrogen-bond acceptors (Lipinski definition) is 1. The molecule has 12 heavy (non-hydrogen) atoms. The van der Waals surface area contributed by atoms with Gasteiger partial charge >= 0.3 is 0 Å². The first-order valence-electron chi connectivity index (χ1n) is 3.96. The van der Waals surface area contributed by atoms with Crippen molar-refractivity contribution < 1.29 is 0 Å². The van der Waals surface area contributed by atoms with Crippen LogP contribution in [0.25, 0.3) is 0 Å². The van der Waals surface area contributed by atoms with Crippen LogP contribution in [0.4, 0.5) is 0 Å². The number of benzene rings is 1. The molecule has 0 N–H and O–H groups in total. The average molecular weight is 180 g/mol. The zero-order chi connectivity index (χ0) is 8.97. The monoisotopic (exact) mass is 179 g/mol. The molecule has 0 saturated heterocycles. The molecule has 0 radical (unpaired) electrons. The Hall–Kier alpha value is -1.00. The quantitative estimate of drug-likeness (QED) is 0.684. The highest BCUT2D eigenvalue weighted by atomic mass is 35.5. The molecule has 0 atom stereocenters. The fourth-order valence-electron chi connectivity index (χ4n) is 1.14. The SMILES string of the molecule is CCCc1ccc(Cl)cc1C#N. The van der Waals surface area contributed by atoms with Gasteiger partial charge in [0.25, 0.3) is 0 Å². The molecule has 0 spiro atoms. The highest BCUT2D eigenvalue weighted by Gasteiger charge is 2.00. The Labute approximate surface area is 77.6 Å². The maximum absolute atomic E-state index is 8.76. The first-order chi connectivity index (χ1) is 5.77. The van der Waals surface area contributed by atoms with Gasteiger partial charge in [-0.1, -0.05) is 31.0 Å². The number of nitrogens with zero attached hydrogens (tertiary/aromatic N) is 1. The van der Waals surface area contributed by atoms with E-state index in [0.717, 1.165) is 18.4 Å². The molecule has 0 bridgehead atoms. The van der Waals surface area contributed by atoms with Crippen molar-refractivity contribution in [3.05, 3.63) is 34.3 Å². The summed E-state index contributed by atoms with van der Waals surface area (Å²) in [6.45, 7) is 2.09. The van der Waals surface area contributed by atoms with Gasteiger partial charge in [-0.05, 0) is 24.1 Å². The van der Waals surface area contributed by atoms with Gasteiger partial charge in [-0.3, -0.25) is 0 Å². The van der Waals surface area contributed by atoms with Gasteiger partial charge in [0.1, 0.15) is 0 Å². The van der Waals surface area contributed by atoms with Crippen LogP contribution < -0.4 is 0 Å². The zero-order valence-corrected chi connectivity index (χ0v) is 7.73. The summed E-state index contributed by atoms with van der Waals surface area (Å²) in [5.41, 5.74) is 1.79. The van der Waals surface area contributed by atoms with Crippen molar-refractivity contribution in [3.8, 4) is 6.07 Å². The Balaban J connectivity index is 3.05. The van der Waals surface area contributed by atoms with E-state index in [1.165, 1.54) is 0 Å². The van der Waals surface area contributed by atoms with Crippen molar-refractivity contribution in [2.45, 2.75) is 19.8 Å². The minimum atomic E-state index is 0.631. The fraction of sp³-hybridized carbons (Fsp3) is 0.300. The largest absolute Gasteiger partial charge is 0.192 e. The third-order valence-electron chi connectivity index (χ3n) is 1.71. The van der Waals surface area contributed by atoms with Crippen LogP contribution >= 0.6 is 11.6 Å². The van der Waals surface area contributed by atoms with E-state index < -0.39 is 0 Å². The standard InChI is InChI=1S/C10H10ClN/c1-2-3-8-4-5-10(11)6-9(8)7-12/h4-6H,2-3H2,1H3. The lowest BCUT2D eigenvalue weighted by Crippen LogP contribution is -1.88. The lowest BCUT2D eigenvalue weighted by molar-refractivity contribution is 0.918. The van der Waals surface area contributed by atoms with Crippen molar-refractivity contribution in [2.75, 3.05) is 0 Å². The van der Waals surface area contributed by atoms with Crippen LogP contribution in [0, 0.1) is 11.3 Å². The van der Waals surface area contributed by atoms with Crippen molar-refractivity contribution in [1.29, 1.82) is 5.26 Å². The third kappa shape index (κ3) is 1.99. The summed E-state index contributed by atoms with van der Waals surface area (Å²) in [6.07, 6.45) is 2.00. The Kier molecular flexibility index (Phi) is 3.13. The number of nitriles is 1. The molecular weight excluding hydrogens is 170 g/mol. The van der Waals surface area contributed by atoms with E-state index in [-0.39, 0.29) is 0 Å². The molecule has 0 heterocycles. The van der Waals surface area contributed by atoms with Gasteiger partial charge in [0.2, 0.25) is 0 Å². The van der Waals surface area contributed by atoms with Gasteiger partial charge in [-0.15, -0.1) is 0 Å². The highest BCUT2D eigenvalue weighted by Crippen LogP contribution is 2.16. The third-order valence-corrected chi connectivity index (χ3v) is 1.95. The molecule has 1 nitrogen and oxygen atoms in total. The predicted octanol–water partition coefficient (Wildman–Crippen LogP) is 3.16. The second-order valence-corrected chi connectivity index (χ2v) is 3.10. The molecule has 0 aliphatic heterocycles. The van der Waals surface area contributed by atoms with Crippen molar-refractivity contribution in [2.24, 2.45) is 0 Å². The smallest absolute Gasteiger partial charge is 0.0995 e. The first kappa shape index (κ1) is 9.09. The highest BCUT2D eigenvalue weighted by molar-refractivity contribution is 6.30. The summed E-state index contributed by atoms with van der Waals surface area (Å²) in [4.78, 5) is 0. The second kappa shape index (κ2) is 4.13. The van der Waals surface area contributed by atoms with E-state index in [4.69, 9.17) is 16.9 Å². The van der Waals surface area contributed by atoms with Crippen LogP contribution in [0.3, 0.4) is 0 Å². The molecule has 62 valence electrons.